The Bertz CT molecular complexity index is 285. The molecule has 3 heteroatoms. The molecule has 0 spiro atoms. The topological polar surface area (TPSA) is 38.9 Å². The first-order valence-electron chi connectivity index (χ1n) is 2.59. The number of fused-ring (bicyclic) bond motifs is 1. The van der Waals surface area contributed by atoms with Crippen LogP contribution in [-0.4, -0.2) is 9.97 Å². The fourth-order valence-corrected chi connectivity index (χ4v) is 0.711. The van der Waals surface area contributed by atoms with Crippen LogP contribution in [0.4, 0.5) is 0 Å². The SMILES string of the molecule is c1ncc2cocc2n1. The maximum Gasteiger partial charge on any atom is 0.117 e. The lowest BCUT2D eigenvalue weighted by atomic mass is 10.4. The molecule has 2 heterocycles. The van der Waals surface area contributed by atoms with Crippen molar-refractivity contribution in [3.05, 3.63) is 25.1 Å². The van der Waals surface area contributed by atoms with Crippen LogP contribution in [-0.2, 0) is 0 Å². The number of hydrogen-bond acceptors (Lipinski definition) is 3. The van der Waals surface area contributed by atoms with Crippen LogP contribution in [0, 0.1) is 0 Å². The van der Waals surface area contributed by atoms with E-state index in [0.29, 0.717) is 0 Å². The summed E-state index contributed by atoms with van der Waals surface area (Å²) in [4.78, 5) is 7.75. The first kappa shape index (κ1) is 4.49. The molecule has 2 aromatic heterocycles. The highest BCUT2D eigenvalue weighted by molar-refractivity contribution is 5.75. The van der Waals surface area contributed by atoms with E-state index in [0.717, 1.165) is 10.9 Å². The molecule has 0 aliphatic carbocycles. The van der Waals surface area contributed by atoms with Gasteiger partial charge in [0.15, 0.2) is 0 Å². The second-order valence-corrected chi connectivity index (χ2v) is 1.74. The molecule has 0 radical (unpaired) electrons. The van der Waals surface area contributed by atoms with Gasteiger partial charge in [-0.25, -0.2) is 9.97 Å². The highest BCUT2D eigenvalue weighted by atomic mass is 16.3. The highest BCUT2D eigenvalue weighted by Gasteiger charge is 1.91. The van der Waals surface area contributed by atoms with E-state index in [4.69, 9.17) is 4.42 Å². The molecule has 0 saturated carbocycles. The van der Waals surface area contributed by atoms with Gasteiger partial charge >= 0.3 is 0 Å². The van der Waals surface area contributed by atoms with Crippen LogP contribution in [0.2, 0.25) is 0 Å². The molecule has 0 saturated heterocycles. The lowest BCUT2D eigenvalue weighted by Crippen LogP contribution is -1.72. The van der Waals surface area contributed by atoms with Gasteiger partial charge in [0, 0.05) is 6.20 Å². The summed E-state index contributed by atoms with van der Waals surface area (Å²) < 4.78 is 4.86. The smallest absolute Gasteiger partial charge is 0.117 e. The van der Waals surface area contributed by atoms with E-state index < -0.39 is 0 Å². The molecule has 0 bridgehead atoms. The van der Waals surface area contributed by atoms with Crippen LogP contribution in [0.15, 0.2) is 29.5 Å². The van der Waals surface area contributed by atoms with Gasteiger partial charge in [-0.3, -0.25) is 0 Å². The van der Waals surface area contributed by atoms with E-state index in [1.807, 2.05) is 0 Å². The average molecular weight is 120 g/mol. The third-order valence-electron chi connectivity index (χ3n) is 1.15. The molecule has 0 aromatic carbocycles. The molecule has 0 N–H and O–H groups in total. The van der Waals surface area contributed by atoms with Gasteiger partial charge in [-0.1, -0.05) is 0 Å². The van der Waals surface area contributed by atoms with Crippen molar-refractivity contribution in [1.82, 2.24) is 9.97 Å². The highest BCUT2D eigenvalue weighted by Crippen LogP contribution is 2.08. The molecule has 0 unspecified atom stereocenters. The molecule has 0 atom stereocenters. The molecule has 3 nitrogen and oxygen atoms in total. The molecule has 2 rings (SSSR count). The Balaban J connectivity index is 2.95. The van der Waals surface area contributed by atoms with Crippen molar-refractivity contribution in [2.45, 2.75) is 0 Å². The zero-order valence-electron chi connectivity index (χ0n) is 4.61. The molecule has 0 fully saturated rings. The van der Waals surface area contributed by atoms with Gasteiger partial charge in [-0.15, -0.1) is 0 Å². The second kappa shape index (κ2) is 1.55. The molecule has 9 heavy (non-hydrogen) atoms. The summed E-state index contributed by atoms with van der Waals surface area (Å²) in [5.41, 5.74) is 0.852. The van der Waals surface area contributed by atoms with E-state index in [-0.39, 0.29) is 0 Å². The first-order chi connectivity index (χ1) is 4.47. The third-order valence-corrected chi connectivity index (χ3v) is 1.15. The predicted molar refractivity (Wildman–Crippen MR) is 31.8 cm³/mol. The van der Waals surface area contributed by atoms with E-state index >= 15 is 0 Å². The van der Waals surface area contributed by atoms with E-state index in [9.17, 15) is 0 Å². The van der Waals surface area contributed by atoms with Crippen LogP contribution in [0.3, 0.4) is 0 Å². The Hall–Kier alpha value is -1.38. The maximum absolute atomic E-state index is 4.86. The van der Waals surface area contributed by atoms with Crippen molar-refractivity contribution in [3.8, 4) is 0 Å². The van der Waals surface area contributed by atoms with Gasteiger partial charge in [0.05, 0.1) is 5.39 Å². The Morgan fingerprint density at radius 3 is 3.22 bits per heavy atom. The number of furan rings is 1. The predicted octanol–water partition coefficient (Wildman–Crippen LogP) is 1.22. The molecule has 0 amide bonds. The zero-order chi connectivity index (χ0) is 6.10. The summed E-state index contributed by atoms with van der Waals surface area (Å²) in [5.74, 6) is 0. The monoisotopic (exact) mass is 120 g/mol. The quantitative estimate of drug-likeness (QED) is 0.524. The Kier molecular flexibility index (Phi) is 0.773. The van der Waals surface area contributed by atoms with Gasteiger partial charge in [-0.05, 0) is 0 Å². The van der Waals surface area contributed by atoms with Crippen molar-refractivity contribution in [2.24, 2.45) is 0 Å². The number of nitrogens with zero attached hydrogens (tertiary/aromatic N) is 2. The molecule has 0 aliphatic rings. The second-order valence-electron chi connectivity index (χ2n) is 1.74. The van der Waals surface area contributed by atoms with Crippen molar-refractivity contribution in [1.29, 1.82) is 0 Å². The molecule has 0 aliphatic heterocycles. The first-order valence-corrected chi connectivity index (χ1v) is 2.59. The molecular weight excluding hydrogens is 116 g/mol. The van der Waals surface area contributed by atoms with Crippen molar-refractivity contribution in [3.63, 3.8) is 0 Å². The minimum atomic E-state index is 0.852. The van der Waals surface area contributed by atoms with Crippen LogP contribution >= 0.6 is 0 Å². The lowest BCUT2D eigenvalue weighted by Gasteiger charge is -1.79. The zero-order valence-corrected chi connectivity index (χ0v) is 4.61. The van der Waals surface area contributed by atoms with Gasteiger partial charge in [0.25, 0.3) is 0 Å². The van der Waals surface area contributed by atoms with Crippen LogP contribution < -0.4 is 0 Å². The summed E-state index contributed by atoms with van der Waals surface area (Å²) in [6.07, 6.45) is 6.43. The van der Waals surface area contributed by atoms with Crippen LogP contribution in [0.25, 0.3) is 10.9 Å². The average Bonchev–Trinajstić information content (AvgIpc) is 2.33. The fraction of sp³-hybridized carbons (Fsp3) is 0. The standard InChI is InChI=1S/C6H4N2O/c1-5-2-9-3-6(5)8-4-7-1/h1-4H. The molecule has 44 valence electrons. The number of aromatic nitrogens is 2. The third kappa shape index (κ3) is 0.579. The van der Waals surface area contributed by atoms with Crippen molar-refractivity contribution >= 4 is 10.9 Å². The Morgan fingerprint density at radius 1 is 1.33 bits per heavy atom. The lowest BCUT2D eigenvalue weighted by molar-refractivity contribution is 0.572. The minimum absolute atomic E-state index is 0.852. The van der Waals surface area contributed by atoms with E-state index in [2.05, 4.69) is 9.97 Å². The molecular formula is C6H4N2O. The van der Waals surface area contributed by atoms with Gasteiger partial charge in [0.1, 0.15) is 24.4 Å². The van der Waals surface area contributed by atoms with Gasteiger partial charge < -0.3 is 4.42 Å². The largest absolute Gasteiger partial charge is 0.470 e. The summed E-state index contributed by atoms with van der Waals surface area (Å²) in [5, 5.41) is 0.942. The number of hydrogen-bond donors (Lipinski definition) is 0. The number of rotatable bonds is 0. The Labute approximate surface area is 51.3 Å². The maximum atomic E-state index is 4.86. The summed E-state index contributed by atoms with van der Waals surface area (Å²) in [6, 6.07) is 0. The molecule has 2 aromatic rings. The van der Waals surface area contributed by atoms with Gasteiger partial charge in [-0.2, -0.15) is 0 Å². The minimum Gasteiger partial charge on any atom is -0.470 e. The van der Waals surface area contributed by atoms with Gasteiger partial charge in [0.2, 0.25) is 0 Å². The van der Waals surface area contributed by atoms with E-state index in [1.165, 1.54) is 6.33 Å². The summed E-state index contributed by atoms with van der Waals surface area (Å²) >= 11 is 0. The van der Waals surface area contributed by atoms with Crippen LogP contribution in [0.1, 0.15) is 0 Å². The fourth-order valence-electron chi connectivity index (χ4n) is 0.711. The van der Waals surface area contributed by atoms with Crippen molar-refractivity contribution < 1.29 is 4.42 Å². The van der Waals surface area contributed by atoms with E-state index in [1.54, 1.807) is 18.7 Å². The normalized spacial score (nSPS) is 10.2. The van der Waals surface area contributed by atoms with Crippen LogP contribution in [0.5, 0.6) is 0 Å². The summed E-state index contributed by atoms with van der Waals surface area (Å²) in [7, 11) is 0. The van der Waals surface area contributed by atoms with Crippen molar-refractivity contribution in [2.75, 3.05) is 0 Å². The summed E-state index contributed by atoms with van der Waals surface area (Å²) in [6.45, 7) is 0. The Morgan fingerprint density at radius 2 is 2.33 bits per heavy atom.